The van der Waals surface area contributed by atoms with Crippen LogP contribution in [-0.4, -0.2) is 11.3 Å². The van der Waals surface area contributed by atoms with E-state index in [4.69, 9.17) is 0 Å². The number of hydrogen-bond acceptors (Lipinski definition) is 1. The predicted molar refractivity (Wildman–Crippen MR) is 83.3 cm³/mol. The fourth-order valence-electron chi connectivity index (χ4n) is 2.73. The number of aldehydes is 1. The number of aromatic nitrogens is 1. The Labute approximate surface area is 118 Å². The summed E-state index contributed by atoms with van der Waals surface area (Å²) in [6, 6.07) is 12.4. The minimum atomic E-state index is 0.748. The minimum absolute atomic E-state index is 0.748. The topological polar surface area (TPSA) is 32.9 Å². The first-order valence-corrected chi connectivity index (χ1v) is 6.76. The first kappa shape index (κ1) is 12.7. The molecule has 1 N–H and O–H groups in total. The number of H-pyrrole nitrogens is 1. The summed E-state index contributed by atoms with van der Waals surface area (Å²) < 4.78 is 0. The second kappa shape index (κ2) is 4.64. The maximum Gasteiger partial charge on any atom is 0.152 e. The van der Waals surface area contributed by atoms with Gasteiger partial charge in [-0.05, 0) is 38.0 Å². The normalized spacial score (nSPS) is 10.9. The summed E-state index contributed by atoms with van der Waals surface area (Å²) in [5.41, 5.74) is 7.33. The first-order chi connectivity index (χ1) is 9.61. The first-order valence-electron chi connectivity index (χ1n) is 6.76. The number of fused-ring (bicyclic) bond motifs is 1. The summed E-state index contributed by atoms with van der Waals surface area (Å²) in [5.74, 6) is 0. The van der Waals surface area contributed by atoms with Crippen molar-refractivity contribution < 1.29 is 4.79 Å². The van der Waals surface area contributed by atoms with Gasteiger partial charge < -0.3 is 4.98 Å². The third kappa shape index (κ3) is 1.85. The number of hydrogen-bond donors (Lipinski definition) is 1. The number of aromatic amines is 1. The highest BCUT2D eigenvalue weighted by molar-refractivity contribution is 6.05. The number of rotatable bonds is 2. The van der Waals surface area contributed by atoms with Crippen molar-refractivity contribution in [1.82, 2.24) is 4.98 Å². The summed E-state index contributed by atoms with van der Waals surface area (Å²) >= 11 is 0. The molecule has 0 unspecified atom stereocenters. The van der Waals surface area contributed by atoms with Crippen LogP contribution in [0.4, 0.5) is 0 Å². The number of nitrogens with one attached hydrogen (secondary N) is 1. The molecule has 0 aliphatic heterocycles. The SMILES string of the molecule is Cc1ccc(C)c(-c2[nH]c3c(C)cccc3c2C=O)c1. The molecule has 2 heteroatoms. The van der Waals surface area contributed by atoms with E-state index in [1.165, 1.54) is 11.1 Å². The molecule has 1 aromatic heterocycles. The Hall–Kier alpha value is -2.35. The lowest BCUT2D eigenvalue weighted by Gasteiger charge is -2.06. The van der Waals surface area contributed by atoms with E-state index in [0.29, 0.717) is 0 Å². The summed E-state index contributed by atoms with van der Waals surface area (Å²) in [5, 5.41) is 0.996. The third-order valence-electron chi connectivity index (χ3n) is 3.86. The maximum absolute atomic E-state index is 11.6. The molecule has 1 heterocycles. The van der Waals surface area contributed by atoms with Crippen LogP contribution in [0.15, 0.2) is 36.4 Å². The highest BCUT2D eigenvalue weighted by Gasteiger charge is 2.15. The molecule has 2 nitrogen and oxygen atoms in total. The number of para-hydroxylation sites is 1. The number of carbonyl (C=O) groups excluding carboxylic acids is 1. The second-order valence-corrected chi connectivity index (χ2v) is 5.35. The largest absolute Gasteiger partial charge is 0.354 e. The summed E-state index contributed by atoms with van der Waals surface area (Å²) in [6.45, 7) is 6.19. The molecule has 0 saturated heterocycles. The van der Waals surface area contributed by atoms with Crippen LogP contribution in [-0.2, 0) is 0 Å². The van der Waals surface area contributed by atoms with Gasteiger partial charge in [0, 0.05) is 22.0 Å². The zero-order chi connectivity index (χ0) is 14.3. The molecule has 2 aromatic carbocycles. The van der Waals surface area contributed by atoms with Crippen LogP contribution in [0.25, 0.3) is 22.2 Å². The number of aryl methyl sites for hydroxylation is 3. The molecular formula is C18H17NO. The summed E-state index contributed by atoms with van der Waals surface area (Å²) in [6.07, 6.45) is 0.954. The minimum Gasteiger partial charge on any atom is -0.354 e. The van der Waals surface area contributed by atoms with Gasteiger partial charge in [-0.25, -0.2) is 0 Å². The molecular weight excluding hydrogens is 246 g/mol. The molecule has 0 aliphatic carbocycles. The van der Waals surface area contributed by atoms with Gasteiger partial charge in [0.05, 0.1) is 5.69 Å². The molecule has 100 valence electrons. The van der Waals surface area contributed by atoms with Gasteiger partial charge in [0.2, 0.25) is 0 Å². The molecule has 3 rings (SSSR count). The molecule has 0 spiro atoms. The van der Waals surface area contributed by atoms with Gasteiger partial charge in [-0.15, -0.1) is 0 Å². The average molecular weight is 263 g/mol. The van der Waals surface area contributed by atoms with Crippen LogP contribution >= 0.6 is 0 Å². The molecule has 0 fully saturated rings. The molecule has 20 heavy (non-hydrogen) atoms. The van der Waals surface area contributed by atoms with Gasteiger partial charge in [0.15, 0.2) is 6.29 Å². The molecule has 0 aliphatic rings. The van der Waals surface area contributed by atoms with E-state index in [2.05, 4.69) is 50.0 Å². The van der Waals surface area contributed by atoms with Crippen molar-refractivity contribution in [3.63, 3.8) is 0 Å². The summed E-state index contributed by atoms with van der Waals surface area (Å²) in [7, 11) is 0. The number of carbonyl (C=O) groups is 1. The smallest absolute Gasteiger partial charge is 0.152 e. The summed E-state index contributed by atoms with van der Waals surface area (Å²) in [4.78, 5) is 15.0. The van der Waals surface area contributed by atoms with Crippen molar-refractivity contribution >= 4 is 17.2 Å². The number of benzene rings is 2. The van der Waals surface area contributed by atoms with Crippen molar-refractivity contribution in [3.8, 4) is 11.3 Å². The van der Waals surface area contributed by atoms with Crippen LogP contribution in [0, 0.1) is 20.8 Å². The molecule has 0 amide bonds. The zero-order valence-electron chi connectivity index (χ0n) is 11.9. The quantitative estimate of drug-likeness (QED) is 0.675. The second-order valence-electron chi connectivity index (χ2n) is 5.35. The van der Waals surface area contributed by atoms with Crippen molar-refractivity contribution in [2.75, 3.05) is 0 Å². The van der Waals surface area contributed by atoms with Crippen molar-refractivity contribution in [2.45, 2.75) is 20.8 Å². The van der Waals surface area contributed by atoms with E-state index in [-0.39, 0.29) is 0 Å². The van der Waals surface area contributed by atoms with Gasteiger partial charge in [0.25, 0.3) is 0 Å². The fourth-order valence-corrected chi connectivity index (χ4v) is 2.73. The van der Waals surface area contributed by atoms with Gasteiger partial charge in [-0.2, -0.15) is 0 Å². The van der Waals surface area contributed by atoms with E-state index >= 15 is 0 Å². The van der Waals surface area contributed by atoms with Crippen LogP contribution < -0.4 is 0 Å². The Morgan fingerprint density at radius 2 is 1.80 bits per heavy atom. The van der Waals surface area contributed by atoms with Gasteiger partial charge in [-0.3, -0.25) is 4.79 Å². The molecule has 0 bridgehead atoms. The molecule has 0 atom stereocenters. The zero-order valence-corrected chi connectivity index (χ0v) is 11.9. The van der Waals surface area contributed by atoms with E-state index < -0.39 is 0 Å². The molecule has 3 aromatic rings. The maximum atomic E-state index is 11.6. The van der Waals surface area contributed by atoms with Gasteiger partial charge >= 0.3 is 0 Å². The Bertz CT molecular complexity index is 812. The van der Waals surface area contributed by atoms with Crippen LogP contribution in [0.3, 0.4) is 0 Å². The van der Waals surface area contributed by atoms with Gasteiger partial charge in [-0.1, -0.05) is 35.9 Å². The van der Waals surface area contributed by atoms with Crippen LogP contribution in [0.5, 0.6) is 0 Å². The monoisotopic (exact) mass is 263 g/mol. The van der Waals surface area contributed by atoms with Crippen LogP contribution in [0.2, 0.25) is 0 Å². The van der Waals surface area contributed by atoms with E-state index in [1.807, 2.05) is 12.1 Å². The molecule has 0 radical (unpaired) electrons. The van der Waals surface area contributed by atoms with Gasteiger partial charge in [0.1, 0.15) is 0 Å². The van der Waals surface area contributed by atoms with E-state index in [0.717, 1.165) is 39.6 Å². The standard InChI is InChI=1S/C18H17NO/c1-11-7-8-12(2)15(9-11)18-16(10-20)14-6-4-5-13(3)17(14)19-18/h4-10,19H,1-3H3. The lowest BCUT2D eigenvalue weighted by atomic mass is 9.99. The molecule has 0 saturated carbocycles. The predicted octanol–water partition coefficient (Wildman–Crippen LogP) is 4.57. The lowest BCUT2D eigenvalue weighted by molar-refractivity contribution is 0.112. The lowest BCUT2D eigenvalue weighted by Crippen LogP contribution is -1.89. The van der Waals surface area contributed by atoms with Crippen LogP contribution in [0.1, 0.15) is 27.0 Å². The Morgan fingerprint density at radius 1 is 1.00 bits per heavy atom. The highest BCUT2D eigenvalue weighted by atomic mass is 16.1. The highest BCUT2D eigenvalue weighted by Crippen LogP contribution is 2.32. The fraction of sp³-hybridized carbons (Fsp3) is 0.167. The average Bonchev–Trinajstić information content (AvgIpc) is 2.81. The van der Waals surface area contributed by atoms with E-state index in [9.17, 15) is 4.79 Å². The Morgan fingerprint density at radius 3 is 2.55 bits per heavy atom. The van der Waals surface area contributed by atoms with Crippen molar-refractivity contribution in [2.24, 2.45) is 0 Å². The van der Waals surface area contributed by atoms with Crippen molar-refractivity contribution in [3.05, 3.63) is 58.7 Å². The Kier molecular flexibility index (Phi) is 2.94. The third-order valence-corrected chi connectivity index (χ3v) is 3.86. The Balaban J connectivity index is 2.39. The van der Waals surface area contributed by atoms with Crippen molar-refractivity contribution in [1.29, 1.82) is 0 Å². The van der Waals surface area contributed by atoms with E-state index in [1.54, 1.807) is 0 Å².